The number of rotatable bonds is 6. The van der Waals surface area contributed by atoms with Crippen LogP contribution in [-0.2, 0) is 9.59 Å². The van der Waals surface area contributed by atoms with Crippen molar-refractivity contribution in [1.29, 1.82) is 0 Å². The molecular formula is C25H24N4O3. The van der Waals surface area contributed by atoms with Crippen LogP contribution in [0.15, 0.2) is 78.9 Å². The lowest BCUT2D eigenvalue weighted by atomic mass is 10.0. The Balaban J connectivity index is 1.27. The summed E-state index contributed by atoms with van der Waals surface area (Å²) in [4.78, 5) is 38.1. The number of piperazine rings is 1. The fourth-order valence-electron chi connectivity index (χ4n) is 3.53. The first-order valence-corrected chi connectivity index (χ1v) is 10.4. The van der Waals surface area contributed by atoms with Crippen LogP contribution in [0.4, 0.5) is 11.4 Å². The van der Waals surface area contributed by atoms with E-state index in [0.29, 0.717) is 24.3 Å². The van der Waals surface area contributed by atoms with Crippen molar-refractivity contribution in [2.24, 2.45) is 0 Å². The van der Waals surface area contributed by atoms with Gasteiger partial charge in [-0.2, -0.15) is 0 Å². The summed E-state index contributed by atoms with van der Waals surface area (Å²) in [6.45, 7) is 1.55. The van der Waals surface area contributed by atoms with Gasteiger partial charge in [0.2, 0.25) is 11.8 Å². The Morgan fingerprint density at radius 3 is 2.25 bits per heavy atom. The number of nitrogens with zero attached hydrogens (tertiary/aromatic N) is 1. The number of nitrogens with one attached hydrogen (secondary N) is 3. The third-order valence-corrected chi connectivity index (χ3v) is 5.22. The van der Waals surface area contributed by atoms with Crippen LogP contribution in [0.2, 0.25) is 0 Å². The smallest absolute Gasteiger partial charge is 0.251 e. The summed E-state index contributed by atoms with van der Waals surface area (Å²) in [6, 6.07) is 24.5. The van der Waals surface area contributed by atoms with Gasteiger partial charge in [-0.3, -0.25) is 14.4 Å². The second-order valence-electron chi connectivity index (χ2n) is 7.49. The van der Waals surface area contributed by atoms with Gasteiger partial charge < -0.3 is 20.9 Å². The third-order valence-electron chi connectivity index (χ3n) is 5.22. The molecule has 32 heavy (non-hydrogen) atoms. The van der Waals surface area contributed by atoms with E-state index in [9.17, 15) is 14.4 Å². The number of carbonyl (C=O) groups is 3. The highest BCUT2D eigenvalue weighted by Gasteiger charge is 2.16. The molecule has 1 aliphatic rings. The van der Waals surface area contributed by atoms with E-state index in [4.69, 9.17) is 0 Å². The van der Waals surface area contributed by atoms with Gasteiger partial charge in [0.15, 0.2) is 0 Å². The largest absolute Gasteiger partial charge is 0.360 e. The van der Waals surface area contributed by atoms with Gasteiger partial charge in [-0.15, -0.1) is 0 Å². The fourth-order valence-corrected chi connectivity index (χ4v) is 3.53. The number of benzene rings is 3. The second-order valence-corrected chi connectivity index (χ2v) is 7.49. The predicted molar refractivity (Wildman–Crippen MR) is 125 cm³/mol. The van der Waals surface area contributed by atoms with E-state index >= 15 is 0 Å². The molecule has 3 aromatic rings. The van der Waals surface area contributed by atoms with Crippen molar-refractivity contribution in [3.05, 3.63) is 84.4 Å². The number of anilines is 2. The van der Waals surface area contributed by atoms with Crippen LogP contribution in [-0.4, -0.2) is 43.9 Å². The molecule has 1 saturated heterocycles. The second kappa shape index (κ2) is 9.78. The van der Waals surface area contributed by atoms with Gasteiger partial charge in [0.1, 0.15) is 0 Å². The molecule has 0 radical (unpaired) electrons. The molecule has 1 fully saturated rings. The van der Waals surface area contributed by atoms with Crippen LogP contribution in [0.25, 0.3) is 11.1 Å². The van der Waals surface area contributed by atoms with Crippen molar-refractivity contribution in [2.45, 2.75) is 0 Å². The summed E-state index contributed by atoms with van der Waals surface area (Å²) in [5.41, 5.74) is 4.14. The van der Waals surface area contributed by atoms with E-state index in [2.05, 4.69) is 16.0 Å². The number of amides is 3. The first kappa shape index (κ1) is 21.1. The Morgan fingerprint density at radius 1 is 0.875 bits per heavy atom. The monoisotopic (exact) mass is 428 g/mol. The molecule has 0 saturated carbocycles. The third kappa shape index (κ3) is 5.31. The molecule has 7 nitrogen and oxygen atoms in total. The van der Waals surface area contributed by atoms with Crippen molar-refractivity contribution in [1.82, 2.24) is 10.6 Å². The summed E-state index contributed by atoms with van der Waals surface area (Å²) >= 11 is 0. The zero-order valence-corrected chi connectivity index (χ0v) is 17.5. The number of hydrogen-bond acceptors (Lipinski definition) is 4. The quantitative estimate of drug-likeness (QED) is 0.563. The van der Waals surface area contributed by atoms with Crippen LogP contribution < -0.4 is 20.9 Å². The van der Waals surface area contributed by atoms with Crippen molar-refractivity contribution in [2.75, 3.05) is 36.4 Å². The molecule has 0 aromatic heterocycles. The molecule has 3 amide bonds. The average Bonchev–Trinajstić information content (AvgIpc) is 2.84. The minimum Gasteiger partial charge on any atom is -0.360 e. The average molecular weight is 428 g/mol. The lowest BCUT2D eigenvalue weighted by Gasteiger charge is -2.28. The van der Waals surface area contributed by atoms with Gasteiger partial charge in [0, 0.05) is 30.0 Å². The maximum atomic E-state index is 12.4. The first-order valence-electron chi connectivity index (χ1n) is 10.4. The molecule has 0 bridgehead atoms. The van der Waals surface area contributed by atoms with E-state index in [1.54, 1.807) is 24.3 Å². The molecule has 0 aliphatic carbocycles. The Kier molecular flexibility index (Phi) is 6.46. The summed E-state index contributed by atoms with van der Waals surface area (Å²) in [7, 11) is 0. The van der Waals surface area contributed by atoms with E-state index in [1.807, 2.05) is 59.5 Å². The molecular weight excluding hydrogens is 404 g/mol. The van der Waals surface area contributed by atoms with Gasteiger partial charge in [-0.1, -0.05) is 42.5 Å². The summed E-state index contributed by atoms with van der Waals surface area (Å²) in [5.74, 6) is -0.623. The van der Waals surface area contributed by atoms with Gasteiger partial charge in [0.25, 0.3) is 5.91 Å². The topological polar surface area (TPSA) is 90.5 Å². The van der Waals surface area contributed by atoms with Gasteiger partial charge >= 0.3 is 0 Å². The van der Waals surface area contributed by atoms with Crippen molar-refractivity contribution >= 4 is 29.1 Å². The van der Waals surface area contributed by atoms with Gasteiger partial charge in [0.05, 0.1) is 13.1 Å². The molecule has 1 aliphatic heterocycles. The standard InChI is InChI=1S/C25H24N4O3/c30-23(28-21-10-12-22(13-11-21)29-15-14-26-24(31)17-29)16-27-25(32)20-8-6-19(7-9-20)18-4-2-1-3-5-18/h1-13H,14-17H2,(H,26,31)(H,27,32)(H,28,30). The fraction of sp³-hybridized carbons (Fsp3) is 0.160. The molecule has 1 heterocycles. The van der Waals surface area contributed by atoms with E-state index in [-0.39, 0.29) is 24.3 Å². The minimum atomic E-state index is -0.315. The van der Waals surface area contributed by atoms with Crippen LogP contribution in [0.3, 0.4) is 0 Å². The Hall–Kier alpha value is -4.13. The molecule has 3 aromatic carbocycles. The highest BCUT2D eigenvalue weighted by Crippen LogP contribution is 2.20. The van der Waals surface area contributed by atoms with Crippen LogP contribution in [0.5, 0.6) is 0 Å². The predicted octanol–water partition coefficient (Wildman–Crippen LogP) is 2.66. The highest BCUT2D eigenvalue weighted by atomic mass is 16.2. The summed E-state index contributed by atoms with van der Waals surface area (Å²) in [5, 5.41) is 8.20. The van der Waals surface area contributed by atoms with E-state index in [1.165, 1.54) is 0 Å². The Labute approximate surface area is 186 Å². The van der Waals surface area contributed by atoms with Crippen molar-refractivity contribution in [3.63, 3.8) is 0 Å². The minimum absolute atomic E-state index is 0.000855. The molecule has 0 spiro atoms. The molecule has 0 unspecified atom stereocenters. The molecule has 0 atom stereocenters. The van der Waals surface area contributed by atoms with E-state index in [0.717, 1.165) is 23.4 Å². The van der Waals surface area contributed by atoms with Crippen LogP contribution in [0, 0.1) is 0 Å². The van der Waals surface area contributed by atoms with Crippen LogP contribution in [0.1, 0.15) is 10.4 Å². The number of hydrogen-bond donors (Lipinski definition) is 3. The SMILES string of the molecule is O=C1CN(c2ccc(NC(=O)CNC(=O)c3ccc(-c4ccccc4)cc3)cc2)CCN1. The lowest BCUT2D eigenvalue weighted by Crippen LogP contribution is -2.47. The van der Waals surface area contributed by atoms with Gasteiger partial charge in [-0.25, -0.2) is 0 Å². The van der Waals surface area contributed by atoms with Crippen LogP contribution >= 0.6 is 0 Å². The maximum absolute atomic E-state index is 12.4. The van der Waals surface area contributed by atoms with Crippen molar-refractivity contribution < 1.29 is 14.4 Å². The number of carbonyl (C=O) groups excluding carboxylic acids is 3. The first-order chi connectivity index (χ1) is 15.6. The Morgan fingerprint density at radius 2 is 1.56 bits per heavy atom. The Bertz CT molecular complexity index is 1100. The summed E-state index contributed by atoms with van der Waals surface area (Å²) in [6.07, 6.45) is 0. The lowest BCUT2D eigenvalue weighted by molar-refractivity contribution is -0.120. The molecule has 4 rings (SSSR count). The molecule has 7 heteroatoms. The summed E-state index contributed by atoms with van der Waals surface area (Å²) < 4.78 is 0. The normalized spacial score (nSPS) is 13.2. The van der Waals surface area contributed by atoms with Crippen molar-refractivity contribution in [3.8, 4) is 11.1 Å². The molecule has 162 valence electrons. The van der Waals surface area contributed by atoms with Gasteiger partial charge in [-0.05, 0) is 47.5 Å². The highest BCUT2D eigenvalue weighted by molar-refractivity contribution is 5.99. The van der Waals surface area contributed by atoms with E-state index < -0.39 is 0 Å². The zero-order valence-electron chi connectivity index (χ0n) is 17.5. The zero-order chi connectivity index (χ0) is 22.3. The molecule has 3 N–H and O–H groups in total. The maximum Gasteiger partial charge on any atom is 0.251 e.